The van der Waals surface area contributed by atoms with Crippen LogP contribution in [-0.2, 0) is 16.6 Å². The molecule has 2 aliphatic rings. The van der Waals surface area contributed by atoms with E-state index >= 15 is 0 Å². The molecule has 0 radical (unpaired) electrons. The number of carbonyl (C=O) groups excluding carboxylic acids is 1. The second-order valence-electron chi connectivity index (χ2n) is 8.51. The highest BCUT2D eigenvalue weighted by Gasteiger charge is 2.25. The van der Waals surface area contributed by atoms with Gasteiger partial charge in [0.25, 0.3) is 0 Å². The van der Waals surface area contributed by atoms with Crippen LogP contribution in [-0.4, -0.2) is 18.6 Å². The summed E-state index contributed by atoms with van der Waals surface area (Å²) in [6, 6.07) is 6.50. The van der Waals surface area contributed by atoms with Crippen LogP contribution < -0.4 is 10.1 Å². The minimum absolute atomic E-state index is 0.0747. The number of hydrogen-bond donors (Lipinski definition) is 1. The third-order valence-corrected chi connectivity index (χ3v) is 5.45. The quantitative estimate of drug-likeness (QED) is 0.871. The van der Waals surface area contributed by atoms with Crippen molar-refractivity contribution in [3.8, 4) is 5.75 Å². The van der Waals surface area contributed by atoms with E-state index in [2.05, 4.69) is 44.3 Å². The molecule has 1 aliphatic heterocycles. The van der Waals surface area contributed by atoms with Crippen LogP contribution >= 0.6 is 0 Å². The van der Waals surface area contributed by atoms with E-state index in [1.165, 1.54) is 36.8 Å². The second-order valence-corrected chi connectivity index (χ2v) is 8.51. The number of benzene rings is 1. The molecule has 1 atom stereocenters. The standard InChI is InChI=1S/C21H31NO2/c1-21(2,3)17-9-10-19-16(12-17)13-18(24-19)14-22-20(23)11-8-15-6-4-5-7-15/h9-10,12,15,18H,4-8,11,13-14H2,1-3H3,(H,22,23)/t18-/m1/s1. The lowest BCUT2D eigenvalue weighted by atomic mass is 9.86. The smallest absolute Gasteiger partial charge is 0.220 e. The van der Waals surface area contributed by atoms with Gasteiger partial charge in [-0.3, -0.25) is 4.79 Å². The summed E-state index contributed by atoms with van der Waals surface area (Å²) in [6.45, 7) is 7.30. The molecule has 3 rings (SSSR count). The summed E-state index contributed by atoms with van der Waals surface area (Å²) in [5.74, 6) is 1.93. The molecule has 1 N–H and O–H groups in total. The van der Waals surface area contributed by atoms with Crippen LogP contribution in [0.3, 0.4) is 0 Å². The number of hydrogen-bond acceptors (Lipinski definition) is 2. The molecule has 1 heterocycles. The lowest BCUT2D eigenvalue weighted by Crippen LogP contribution is -2.34. The number of ether oxygens (including phenoxy) is 1. The van der Waals surface area contributed by atoms with Gasteiger partial charge in [0.2, 0.25) is 5.91 Å². The predicted octanol–water partition coefficient (Wildman–Crippen LogP) is 4.37. The fourth-order valence-corrected chi connectivity index (χ4v) is 3.85. The molecule has 1 fully saturated rings. The Morgan fingerprint density at radius 2 is 2.00 bits per heavy atom. The zero-order valence-electron chi connectivity index (χ0n) is 15.4. The maximum Gasteiger partial charge on any atom is 0.220 e. The lowest BCUT2D eigenvalue weighted by molar-refractivity contribution is -0.121. The van der Waals surface area contributed by atoms with E-state index in [9.17, 15) is 4.79 Å². The molecule has 24 heavy (non-hydrogen) atoms. The molecule has 0 spiro atoms. The van der Waals surface area contributed by atoms with E-state index in [1.54, 1.807) is 0 Å². The van der Waals surface area contributed by atoms with Crippen molar-refractivity contribution in [3.05, 3.63) is 29.3 Å². The molecule has 1 aromatic rings. The van der Waals surface area contributed by atoms with E-state index in [0.29, 0.717) is 13.0 Å². The maximum atomic E-state index is 12.0. The van der Waals surface area contributed by atoms with Gasteiger partial charge in [-0.15, -0.1) is 0 Å². The molecule has 1 aromatic carbocycles. The van der Waals surface area contributed by atoms with E-state index in [4.69, 9.17) is 4.74 Å². The fourth-order valence-electron chi connectivity index (χ4n) is 3.85. The van der Waals surface area contributed by atoms with Crippen molar-refractivity contribution >= 4 is 5.91 Å². The van der Waals surface area contributed by atoms with Crippen LogP contribution in [0, 0.1) is 5.92 Å². The van der Waals surface area contributed by atoms with Gasteiger partial charge >= 0.3 is 0 Å². The molecule has 132 valence electrons. The first-order valence-electron chi connectivity index (χ1n) is 9.48. The molecule has 0 aromatic heterocycles. The largest absolute Gasteiger partial charge is 0.488 e. The first-order valence-corrected chi connectivity index (χ1v) is 9.48. The lowest BCUT2D eigenvalue weighted by Gasteiger charge is -2.19. The molecule has 1 aliphatic carbocycles. The summed E-state index contributed by atoms with van der Waals surface area (Å²) in [6.07, 6.45) is 7.99. The van der Waals surface area contributed by atoms with E-state index in [1.807, 2.05) is 0 Å². The first kappa shape index (κ1) is 17.3. The molecule has 3 nitrogen and oxygen atoms in total. The molecular weight excluding hydrogens is 298 g/mol. The Bertz CT molecular complexity index is 582. The highest BCUT2D eigenvalue weighted by Crippen LogP contribution is 2.33. The third kappa shape index (κ3) is 4.31. The van der Waals surface area contributed by atoms with E-state index < -0.39 is 0 Å². The summed E-state index contributed by atoms with van der Waals surface area (Å²) in [5.41, 5.74) is 2.76. The van der Waals surface area contributed by atoms with Crippen molar-refractivity contribution in [3.63, 3.8) is 0 Å². The summed E-state index contributed by atoms with van der Waals surface area (Å²) >= 11 is 0. The SMILES string of the molecule is CC(C)(C)c1ccc2c(c1)C[C@H](CNC(=O)CCC1CCCC1)O2. The van der Waals surface area contributed by atoms with Crippen LogP contribution in [0.25, 0.3) is 0 Å². The Morgan fingerprint density at radius 3 is 2.71 bits per heavy atom. The minimum atomic E-state index is 0.0747. The van der Waals surface area contributed by atoms with Crippen molar-refractivity contribution in [2.45, 2.75) is 77.2 Å². The fraction of sp³-hybridized carbons (Fsp3) is 0.667. The Labute approximate surface area is 146 Å². The summed E-state index contributed by atoms with van der Waals surface area (Å²) in [4.78, 5) is 12.0. The molecule has 0 saturated heterocycles. The second kappa shape index (κ2) is 7.16. The van der Waals surface area contributed by atoms with Gasteiger partial charge in [-0.2, -0.15) is 0 Å². The number of nitrogens with one attached hydrogen (secondary N) is 1. The van der Waals surface area contributed by atoms with Gasteiger partial charge in [0.1, 0.15) is 11.9 Å². The number of fused-ring (bicyclic) bond motifs is 1. The van der Waals surface area contributed by atoms with Gasteiger partial charge in [0.05, 0.1) is 6.54 Å². The molecule has 0 unspecified atom stereocenters. The minimum Gasteiger partial charge on any atom is -0.488 e. The normalized spacial score (nSPS) is 20.7. The average molecular weight is 329 g/mol. The molecular formula is C21H31NO2. The summed E-state index contributed by atoms with van der Waals surface area (Å²) in [7, 11) is 0. The maximum absolute atomic E-state index is 12.0. The number of carbonyl (C=O) groups is 1. The average Bonchev–Trinajstić information content (AvgIpc) is 3.18. The Morgan fingerprint density at radius 1 is 1.25 bits per heavy atom. The van der Waals surface area contributed by atoms with E-state index in [0.717, 1.165) is 24.5 Å². The topological polar surface area (TPSA) is 38.3 Å². The first-order chi connectivity index (χ1) is 11.4. The van der Waals surface area contributed by atoms with Crippen LogP contribution in [0.1, 0.15) is 70.4 Å². The van der Waals surface area contributed by atoms with Gasteiger partial charge in [0.15, 0.2) is 0 Å². The van der Waals surface area contributed by atoms with Gasteiger partial charge in [0, 0.05) is 12.8 Å². The predicted molar refractivity (Wildman–Crippen MR) is 97.5 cm³/mol. The number of rotatable bonds is 5. The van der Waals surface area contributed by atoms with Crippen molar-refractivity contribution < 1.29 is 9.53 Å². The van der Waals surface area contributed by atoms with Crippen molar-refractivity contribution in [1.29, 1.82) is 0 Å². The molecule has 1 amide bonds. The van der Waals surface area contributed by atoms with Crippen molar-refractivity contribution in [2.75, 3.05) is 6.54 Å². The Kier molecular flexibility index (Phi) is 5.17. The highest BCUT2D eigenvalue weighted by molar-refractivity contribution is 5.75. The molecule has 3 heteroatoms. The third-order valence-electron chi connectivity index (χ3n) is 5.45. The van der Waals surface area contributed by atoms with Crippen LogP contribution in [0.4, 0.5) is 0 Å². The molecule has 1 saturated carbocycles. The summed E-state index contributed by atoms with van der Waals surface area (Å²) < 4.78 is 5.99. The van der Waals surface area contributed by atoms with Gasteiger partial charge < -0.3 is 10.1 Å². The van der Waals surface area contributed by atoms with Gasteiger partial charge in [-0.1, -0.05) is 58.6 Å². The van der Waals surface area contributed by atoms with E-state index in [-0.39, 0.29) is 17.4 Å². The highest BCUT2D eigenvalue weighted by atomic mass is 16.5. The number of amides is 1. The van der Waals surface area contributed by atoms with Crippen molar-refractivity contribution in [1.82, 2.24) is 5.32 Å². The van der Waals surface area contributed by atoms with Gasteiger partial charge in [-0.25, -0.2) is 0 Å². The molecule has 0 bridgehead atoms. The van der Waals surface area contributed by atoms with Crippen LogP contribution in [0.5, 0.6) is 5.75 Å². The zero-order chi connectivity index (χ0) is 17.2. The zero-order valence-corrected chi connectivity index (χ0v) is 15.4. The van der Waals surface area contributed by atoms with Crippen LogP contribution in [0.15, 0.2) is 18.2 Å². The Hall–Kier alpha value is -1.51. The van der Waals surface area contributed by atoms with Crippen molar-refractivity contribution in [2.24, 2.45) is 5.92 Å². The van der Waals surface area contributed by atoms with Crippen LogP contribution in [0.2, 0.25) is 0 Å². The Balaban J connectivity index is 1.45. The monoisotopic (exact) mass is 329 g/mol. The van der Waals surface area contributed by atoms with Gasteiger partial charge in [-0.05, 0) is 34.9 Å². The summed E-state index contributed by atoms with van der Waals surface area (Å²) in [5, 5.41) is 3.06.